The minimum absolute atomic E-state index is 0.717. The van der Waals surface area contributed by atoms with Crippen LogP contribution in [0.1, 0.15) is 22.4 Å². The third kappa shape index (κ3) is 4.05. The summed E-state index contributed by atoms with van der Waals surface area (Å²) in [6.07, 6.45) is 5.19. The Morgan fingerprint density at radius 1 is 1.25 bits per heavy atom. The molecule has 0 fully saturated rings. The number of aromatic nitrogens is 1. The topological polar surface area (TPSA) is 39.9 Å². The second kappa shape index (κ2) is 8.74. The van der Waals surface area contributed by atoms with Crippen LogP contribution in [-0.4, -0.2) is 29.2 Å². The average Bonchev–Trinajstić information content (AvgIpc) is 3.25. The van der Waals surface area contributed by atoms with Crippen molar-refractivity contribution in [2.75, 3.05) is 19.3 Å². The van der Waals surface area contributed by atoms with Gasteiger partial charge in [0.25, 0.3) is 0 Å². The van der Waals surface area contributed by atoms with Gasteiger partial charge in [-0.05, 0) is 29.6 Å². The van der Waals surface area contributed by atoms with Crippen LogP contribution in [-0.2, 0) is 13.0 Å². The van der Waals surface area contributed by atoms with E-state index in [1.165, 1.54) is 11.1 Å². The van der Waals surface area contributed by atoms with Crippen LogP contribution in [0.4, 0.5) is 0 Å². The molecule has 0 unspecified atom stereocenters. The van der Waals surface area contributed by atoms with Crippen molar-refractivity contribution in [2.24, 2.45) is 0 Å². The predicted octanol–water partition coefficient (Wildman–Crippen LogP) is 5.48. The first-order chi connectivity index (χ1) is 13.8. The van der Waals surface area contributed by atoms with Gasteiger partial charge in [-0.2, -0.15) is 5.26 Å². The summed E-state index contributed by atoms with van der Waals surface area (Å²) in [7, 11) is 2.13. The van der Waals surface area contributed by atoms with Crippen molar-refractivity contribution in [3.05, 3.63) is 76.3 Å². The average molecular weight is 404 g/mol. The van der Waals surface area contributed by atoms with Crippen LogP contribution in [0.5, 0.6) is 0 Å². The standard InChI is InChI=1S/C23H21N3S2/c1-26-12-11-20-19(16-26)22(21-10-6-13-27-21)18(15-24)23(25-20)28-14-5-9-17-7-3-2-4-8-17/h2-10,13H,11-12,14,16H2,1H3/b9-5+. The highest BCUT2D eigenvalue weighted by Crippen LogP contribution is 2.38. The van der Waals surface area contributed by atoms with E-state index in [1.54, 1.807) is 23.1 Å². The Labute approximate surface area is 174 Å². The Hall–Kier alpha value is -2.39. The van der Waals surface area contributed by atoms with Crippen LogP contribution in [0, 0.1) is 11.3 Å². The molecule has 0 spiro atoms. The molecular weight excluding hydrogens is 382 g/mol. The largest absolute Gasteiger partial charge is 0.302 e. The molecule has 4 rings (SSSR count). The molecule has 0 N–H and O–H groups in total. The number of fused-ring (bicyclic) bond motifs is 1. The normalized spacial score (nSPS) is 14.1. The molecule has 2 aromatic heterocycles. The predicted molar refractivity (Wildman–Crippen MR) is 119 cm³/mol. The number of nitrogens with zero attached hydrogens (tertiary/aromatic N) is 3. The van der Waals surface area contributed by atoms with Gasteiger partial charge < -0.3 is 4.90 Å². The summed E-state index contributed by atoms with van der Waals surface area (Å²) in [5, 5.41) is 12.9. The smallest absolute Gasteiger partial charge is 0.115 e. The zero-order valence-corrected chi connectivity index (χ0v) is 17.4. The maximum Gasteiger partial charge on any atom is 0.115 e. The van der Waals surface area contributed by atoms with Gasteiger partial charge in [0, 0.05) is 41.4 Å². The first kappa shape index (κ1) is 18.9. The van der Waals surface area contributed by atoms with E-state index < -0.39 is 0 Å². The van der Waals surface area contributed by atoms with Crippen molar-refractivity contribution < 1.29 is 0 Å². The fourth-order valence-electron chi connectivity index (χ4n) is 3.45. The molecule has 1 aliphatic rings. The molecular formula is C23H21N3S2. The maximum absolute atomic E-state index is 9.97. The molecule has 1 aromatic carbocycles. The van der Waals surface area contributed by atoms with Gasteiger partial charge in [0.2, 0.25) is 0 Å². The molecule has 0 saturated heterocycles. The molecule has 0 atom stereocenters. The second-order valence-electron chi connectivity index (χ2n) is 6.79. The first-order valence-corrected chi connectivity index (χ1v) is 11.2. The van der Waals surface area contributed by atoms with E-state index in [0.717, 1.165) is 52.0 Å². The van der Waals surface area contributed by atoms with Gasteiger partial charge in [-0.25, -0.2) is 4.98 Å². The highest BCUT2D eigenvalue weighted by atomic mass is 32.2. The first-order valence-electron chi connectivity index (χ1n) is 9.29. The SMILES string of the molecule is CN1CCc2nc(SC/C=C/c3ccccc3)c(C#N)c(-c3cccs3)c2C1. The van der Waals surface area contributed by atoms with Crippen LogP contribution in [0.2, 0.25) is 0 Å². The van der Waals surface area contributed by atoms with Crippen molar-refractivity contribution in [3.63, 3.8) is 0 Å². The Bertz CT molecular complexity index is 1020. The highest BCUT2D eigenvalue weighted by Gasteiger charge is 2.25. The van der Waals surface area contributed by atoms with E-state index in [-0.39, 0.29) is 0 Å². The number of likely N-dealkylation sites (N-methyl/N-ethyl adjacent to an activating group) is 1. The van der Waals surface area contributed by atoms with Gasteiger partial charge in [-0.15, -0.1) is 23.1 Å². The number of hydrogen-bond donors (Lipinski definition) is 0. The van der Waals surface area contributed by atoms with Gasteiger partial charge >= 0.3 is 0 Å². The molecule has 28 heavy (non-hydrogen) atoms. The molecule has 0 aliphatic carbocycles. The summed E-state index contributed by atoms with van der Waals surface area (Å²) in [6.45, 7) is 1.86. The van der Waals surface area contributed by atoms with Crippen LogP contribution < -0.4 is 0 Å². The van der Waals surface area contributed by atoms with Crippen LogP contribution >= 0.6 is 23.1 Å². The Morgan fingerprint density at radius 3 is 2.86 bits per heavy atom. The molecule has 0 saturated carbocycles. The van der Waals surface area contributed by atoms with E-state index in [2.05, 4.69) is 59.8 Å². The lowest BCUT2D eigenvalue weighted by Crippen LogP contribution is -2.28. The van der Waals surface area contributed by atoms with Crippen molar-refractivity contribution in [2.45, 2.75) is 18.0 Å². The highest BCUT2D eigenvalue weighted by molar-refractivity contribution is 7.99. The number of benzene rings is 1. The number of hydrogen-bond acceptors (Lipinski definition) is 5. The summed E-state index contributed by atoms with van der Waals surface area (Å²) in [5.74, 6) is 0.791. The molecule has 5 heteroatoms. The Morgan fingerprint density at radius 2 is 2.11 bits per heavy atom. The quantitative estimate of drug-likeness (QED) is 0.529. The van der Waals surface area contributed by atoms with Crippen molar-refractivity contribution >= 4 is 29.2 Å². The number of pyridine rings is 1. The summed E-state index contributed by atoms with van der Waals surface area (Å²) >= 11 is 3.34. The molecule has 0 bridgehead atoms. The molecule has 1 aliphatic heterocycles. The minimum atomic E-state index is 0.717. The van der Waals surface area contributed by atoms with E-state index in [1.807, 2.05) is 18.2 Å². The fraction of sp³-hybridized carbons (Fsp3) is 0.217. The van der Waals surface area contributed by atoms with E-state index >= 15 is 0 Å². The Kier molecular flexibility index (Phi) is 5.92. The van der Waals surface area contributed by atoms with E-state index in [4.69, 9.17) is 4.98 Å². The van der Waals surface area contributed by atoms with Crippen LogP contribution in [0.25, 0.3) is 16.5 Å². The third-order valence-electron chi connectivity index (χ3n) is 4.81. The van der Waals surface area contributed by atoms with Gasteiger partial charge in [0.15, 0.2) is 0 Å². The number of rotatable bonds is 5. The Balaban J connectivity index is 1.67. The van der Waals surface area contributed by atoms with Gasteiger partial charge in [0.05, 0.1) is 5.56 Å². The molecule has 3 heterocycles. The van der Waals surface area contributed by atoms with Crippen molar-refractivity contribution in [3.8, 4) is 16.5 Å². The van der Waals surface area contributed by atoms with Crippen molar-refractivity contribution in [1.29, 1.82) is 5.26 Å². The lowest BCUT2D eigenvalue weighted by Gasteiger charge is -2.27. The summed E-state index contributed by atoms with van der Waals surface area (Å²) in [6, 6.07) is 16.9. The lowest BCUT2D eigenvalue weighted by molar-refractivity contribution is 0.310. The van der Waals surface area contributed by atoms with Gasteiger partial charge in [-0.3, -0.25) is 0 Å². The minimum Gasteiger partial charge on any atom is -0.302 e. The molecule has 0 amide bonds. The van der Waals surface area contributed by atoms with Gasteiger partial charge in [0.1, 0.15) is 11.1 Å². The second-order valence-corrected chi connectivity index (χ2v) is 8.75. The molecule has 3 aromatic rings. The monoisotopic (exact) mass is 403 g/mol. The summed E-state index contributed by atoms with van der Waals surface area (Å²) in [4.78, 5) is 8.38. The molecule has 3 nitrogen and oxygen atoms in total. The number of thiophene rings is 1. The van der Waals surface area contributed by atoms with E-state index in [9.17, 15) is 5.26 Å². The summed E-state index contributed by atoms with van der Waals surface area (Å²) in [5.41, 5.74) is 5.36. The number of thioether (sulfide) groups is 1. The van der Waals surface area contributed by atoms with Crippen molar-refractivity contribution in [1.82, 2.24) is 9.88 Å². The molecule has 0 radical (unpaired) electrons. The fourth-order valence-corrected chi connectivity index (χ4v) is 5.07. The lowest BCUT2D eigenvalue weighted by atomic mass is 9.96. The maximum atomic E-state index is 9.97. The number of nitriles is 1. The van der Waals surface area contributed by atoms with Gasteiger partial charge in [-0.1, -0.05) is 48.6 Å². The van der Waals surface area contributed by atoms with Crippen LogP contribution in [0.3, 0.4) is 0 Å². The summed E-state index contributed by atoms with van der Waals surface area (Å²) < 4.78 is 0. The molecule has 140 valence electrons. The van der Waals surface area contributed by atoms with Crippen LogP contribution in [0.15, 0.2) is 58.9 Å². The zero-order valence-electron chi connectivity index (χ0n) is 15.8. The van der Waals surface area contributed by atoms with E-state index in [0.29, 0.717) is 0 Å². The third-order valence-corrected chi connectivity index (χ3v) is 6.63. The zero-order chi connectivity index (χ0) is 19.3.